The maximum absolute atomic E-state index is 14.3. The number of benzene rings is 2. The van der Waals surface area contributed by atoms with Crippen LogP contribution >= 0.6 is 8.60 Å². The minimum absolute atomic E-state index is 0.00454. The highest BCUT2D eigenvalue weighted by Gasteiger charge is 2.76. The van der Waals surface area contributed by atoms with E-state index in [0.717, 1.165) is 23.1 Å². The van der Waals surface area contributed by atoms with Crippen LogP contribution in [0.3, 0.4) is 0 Å². The number of hydrogen-bond donors (Lipinski definition) is 7. The lowest BCUT2D eigenvalue weighted by atomic mass is 9.46. The summed E-state index contributed by atoms with van der Waals surface area (Å²) in [6.45, 7) is 3.11. The summed E-state index contributed by atoms with van der Waals surface area (Å²) in [5, 5.41) is 26.3. The Morgan fingerprint density at radius 2 is 1.84 bits per heavy atom. The molecule has 2 amide bonds. The quantitative estimate of drug-likeness (QED) is 0.135. The van der Waals surface area contributed by atoms with E-state index in [-0.39, 0.29) is 49.3 Å². The van der Waals surface area contributed by atoms with Crippen molar-refractivity contribution in [1.82, 2.24) is 5.32 Å². The van der Waals surface area contributed by atoms with Gasteiger partial charge in [-0.3, -0.25) is 24.0 Å². The van der Waals surface area contributed by atoms with Crippen LogP contribution in [0.2, 0.25) is 0 Å². The van der Waals surface area contributed by atoms with Crippen molar-refractivity contribution in [2.24, 2.45) is 34.3 Å². The number of aliphatic hydroxyl groups excluding tert-OH is 1. The number of hydrogen-bond acceptors (Lipinski definition) is 12. The maximum atomic E-state index is 14.3. The third-order valence-corrected chi connectivity index (χ3v) is 13.7. The number of fused-ring (bicyclic) bond motifs is 7. The normalized spacial score (nSPS) is 32.7. The molecular formula is C42H50N3O12P. The fourth-order valence-corrected chi connectivity index (χ4v) is 11.0. The number of allylic oxidation sites excluding steroid dienone is 4. The zero-order valence-corrected chi connectivity index (χ0v) is 33.2. The first-order valence-electron chi connectivity index (χ1n) is 19.6. The molecule has 0 spiro atoms. The smallest absolute Gasteiger partial charge is 0.327 e. The van der Waals surface area contributed by atoms with Crippen LogP contribution in [0.4, 0.5) is 5.69 Å². The Morgan fingerprint density at radius 3 is 2.55 bits per heavy atom. The highest BCUT2D eigenvalue weighted by atomic mass is 31.2. The molecule has 1 saturated heterocycles. The predicted molar refractivity (Wildman–Crippen MR) is 209 cm³/mol. The highest BCUT2D eigenvalue weighted by molar-refractivity contribution is 7.39. The van der Waals surface area contributed by atoms with Gasteiger partial charge < -0.3 is 50.4 Å². The summed E-state index contributed by atoms with van der Waals surface area (Å²) >= 11 is 0. The van der Waals surface area contributed by atoms with Crippen LogP contribution in [0.5, 0.6) is 0 Å². The molecule has 310 valence electrons. The molecule has 7 rings (SSSR count). The van der Waals surface area contributed by atoms with E-state index in [2.05, 4.69) is 17.6 Å². The Labute approximate surface area is 337 Å². The number of nitrogens with two attached hydrogens (primary N) is 1. The summed E-state index contributed by atoms with van der Waals surface area (Å²) in [4.78, 5) is 81.8. The van der Waals surface area contributed by atoms with Gasteiger partial charge in [-0.2, -0.15) is 0 Å². The van der Waals surface area contributed by atoms with Crippen LogP contribution in [0.1, 0.15) is 75.4 Å². The van der Waals surface area contributed by atoms with Crippen molar-refractivity contribution in [3.05, 3.63) is 89.0 Å². The first kappa shape index (κ1) is 42.0. The molecule has 16 heteroatoms. The fourth-order valence-electron chi connectivity index (χ4n) is 10.7. The average molecular weight is 820 g/mol. The SMILES string of the molecule is C[C@]12C=CC(=O)C=C1CC[C@@H]1[C@@H]2[C@@H](O)C[C@@]2(C)[C@H]1C[C@H]1O[C@@H](c3ccc(Cc4cccc(NC(=O)[C@H](CCC(=O)O)NC(=O)CN)c4)cc3)O[C@]12C(=O)COP(O)O. The van der Waals surface area contributed by atoms with Crippen molar-refractivity contribution in [2.75, 3.05) is 18.5 Å². The van der Waals surface area contributed by atoms with E-state index < -0.39 is 79.7 Å². The molecular weight excluding hydrogens is 769 g/mol. The van der Waals surface area contributed by atoms with Crippen LogP contribution in [0, 0.1) is 28.6 Å². The highest BCUT2D eigenvalue weighted by Crippen LogP contribution is 2.70. The predicted octanol–water partition coefficient (Wildman–Crippen LogP) is 3.36. The second-order valence-electron chi connectivity index (χ2n) is 16.6. The molecule has 1 heterocycles. The molecule has 4 fully saturated rings. The molecule has 0 aromatic heterocycles. The van der Waals surface area contributed by atoms with Gasteiger partial charge in [-0.15, -0.1) is 0 Å². The van der Waals surface area contributed by atoms with Crippen molar-refractivity contribution in [3.63, 3.8) is 0 Å². The molecule has 8 N–H and O–H groups in total. The van der Waals surface area contributed by atoms with Crippen molar-refractivity contribution in [1.29, 1.82) is 0 Å². The monoisotopic (exact) mass is 819 g/mol. The van der Waals surface area contributed by atoms with E-state index in [1.807, 2.05) is 43.3 Å². The lowest BCUT2D eigenvalue weighted by Crippen LogP contribution is -2.63. The summed E-state index contributed by atoms with van der Waals surface area (Å²) in [5.41, 5.74) is 6.37. The summed E-state index contributed by atoms with van der Waals surface area (Å²) in [5.74, 6) is -3.02. The number of carbonyl (C=O) groups is 5. The van der Waals surface area contributed by atoms with E-state index >= 15 is 0 Å². The molecule has 0 unspecified atom stereocenters. The zero-order chi connectivity index (χ0) is 41.6. The van der Waals surface area contributed by atoms with Gasteiger partial charge in [0.05, 0.1) is 18.8 Å². The van der Waals surface area contributed by atoms with Crippen LogP contribution < -0.4 is 16.4 Å². The number of carbonyl (C=O) groups excluding carboxylic acids is 4. The summed E-state index contributed by atoms with van der Waals surface area (Å²) < 4.78 is 18.5. The molecule has 4 aliphatic carbocycles. The average Bonchev–Trinajstić information content (AvgIpc) is 3.68. The van der Waals surface area contributed by atoms with Gasteiger partial charge in [-0.1, -0.05) is 61.9 Å². The van der Waals surface area contributed by atoms with Crippen molar-refractivity contribution >= 4 is 43.6 Å². The lowest BCUT2D eigenvalue weighted by molar-refractivity contribution is -0.200. The van der Waals surface area contributed by atoms with Gasteiger partial charge in [-0.05, 0) is 85.8 Å². The lowest BCUT2D eigenvalue weighted by Gasteiger charge is -2.59. The van der Waals surface area contributed by atoms with Gasteiger partial charge in [-0.25, -0.2) is 0 Å². The first-order chi connectivity index (χ1) is 27.6. The standard InChI is InChI=1S/C42H50N3O12P/c1-40-15-14-28(46)18-26(40)10-11-29-30-19-34-42(33(48)22-55-58(53)54,41(30,2)20-32(47)37(29)40)57-39(56-34)25-8-6-23(7-9-25)16-24-4-3-5-27(17-24)44-38(52)31(12-13-36(50)51)45-35(49)21-43/h3-9,14-15,17-18,29-32,34,37,39,47,53-54H,10-13,16,19-22,43H2,1-2H3,(H,44,52)(H,45,49)(H,50,51)/t29-,30-,31-,32-,34+,37+,39+,40-,41-,42+/m0/s1. The van der Waals surface area contributed by atoms with Crippen molar-refractivity contribution in [3.8, 4) is 0 Å². The topological polar surface area (TPSA) is 244 Å². The summed E-state index contributed by atoms with van der Waals surface area (Å²) in [6.07, 6.45) is 4.97. The van der Waals surface area contributed by atoms with Crippen LogP contribution in [-0.4, -0.2) is 86.4 Å². The molecule has 5 aliphatic rings. The number of aliphatic carboxylic acids is 1. The summed E-state index contributed by atoms with van der Waals surface area (Å²) in [6, 6.07) is 13.6. The Bertz CT molecular complexity index is 2020. The Hall–Kier alpha value is -4.18. The van der Waals surface area contributed by atoms with Gasteiger partial charge in [0.1, 0.15) is 12.6 Å². The minimum atomic E-state index is -2.81. The Kier molecular flexibility index (Phi) is 11.9. The number of nitrogens with one attached hydrogen (secondary N) is 2. The number of Topliss-reactive ketones (excluding diaryl/α,β-unsaturated/α-hetero) is 1. The molecule has 0 bridgehead atoms. The number of carboxylic acid groups (broad SMARTS) is 1. The number of anilines is 1. The number of aliphatic hydroxyl groups is 1. The fraction of sp³-hybridized carbons (Fsp3) is 0.500. The molecule has 15 nitrogen and oxygen atoms in total. The molecule has 58 heavy (non-hydrogen) atoms. The molecule has 0 radical (unpaired) electrons. The Morgan fingerprint density at radius 1 is 1.09 bits per heavy atom. The molecule has 1 aliphatic heterocycles. The zero-order valence-electron chi connectivity index (χ0n) is 32.3. The minimum Gasteiger partial charge on any atom is -0.481 e. The van der Waals surface area contributed by atoms with E-state index in [0.29, 0.717) is 30.5 Å². The summed E-state index contributed by atoms with van der Waals surface area (Å²) in [7, 11) is -2.81. The van der Waals surface area contributed by atoms with E-state index in [1.165, 1.54) is 0 Å². The number of carboxylic acids is 1. The molecule has 3 saturated carbocycles. The number of amides is 2. The Balaban J connectivity index is 1.08. The van der Waals surface area contributed by atoms with Gasteiger partial charge in [0.2, 0.25) is 11.8 Å². The van der Waals surface area contributed by atoms with E-state index in [9.17, 15) is 38.9 Å². The van der Waals surface area contributed by atoms with Gasteiger partial charge in [0.25, 0.3) is 0 Å². The third kappa shape index (κ3) is 7.70. The van der Waals surface area contributed by atoms with Gasteiger partial charge in [0.15, 0.2) is 23.5 Å². The molecule has 10 atom stereocenters. The van der Waals surface area contributed by atoms with Gasteiger partial charge in [0, 0.05) is 34.4 Å². The molecule has 2 aromatic carbocycles. The molecule has 2 aromatic rings. The number of ketones is 2. The second kappa shape index (κ2) is 16.5. The largest absolute Gasteiger partial charge is 0.481 e. The third-order valence-electron chi connectivity index (χ3n) is 13.3. The van der Waals surface area contributed by atoms with Crippen molar-refractivity contribution < 1.29 is 58.0 Å². The maximum Gasteiger partial charge on any atom is 0.327 e. The van der Waals surface area contributed by atoms with Crippen LogP contribution in [-0.2, 0) is 44.4 Å². The first-order valence-corrected chi connectivity index (χ1v) is 20.7. The van der Waals surface area contributed by atoms with Crippen LogP contribution in [0.25, 0.3) is 0 Å². The van der Waals surface area contributed by atoms with E-state index in [4.69, 9.17) is 24.8 Å². The van der Waals surface area contributed by atoms with Gasteiger partial charge >= 0.3 is 14.6 Å². The van der Waals surface area contributed by atoms with Crippen molar-refractivity contribution in [2.45, 2.75) is 88.9 Å². The second-order valence-corrected chi connectivity index (χ2v) is 17.3. The van der Waals surface area contributed by atoms with E-state index in [1.54, 1.807) is 30.4 Å². The number of rotatable bonds is 14. The van der Waals surface area contributed by atoms with Crippen LogP contribution in [0.15, 0.2) is 72.3 Å². The number of ether oxygens (including phenoxy) is 2.